The van der Waals surface area contributed by atoms with Gasteiger partial charge in [0.05, 0.1) is 0 Å². The Morgan fingerprint density at radius 3 is 2.86 bits per heavy atom. The molecule has 5 nitrogen and oxygen atoms in total. The quantitative estimate of drug-likeness (QED) is 0.921. The Bertz CT molecular complexity index is 611. The summed E-state index contributed by atoms with van der Waals surface area (Å²) in [5, 5.41) is 7.41. The van der Waals surface area contributed by atoms with E-state index in [9.17, 15) is 4.79 Å². The van der Waals surface area contributed by atoms with Crippen LogP contribution < -0.4 is 0 Å². The Kier molecular flexibility index (Phi) is 3.92. The summed E-state index contributed by atoms with van der Waals surface area (Å²) in [5.41, 5.74) is 1.18. The average molecular weight is 305 g/mol. The number of carbonyl (C=O) groups is 1. The number of nitrogens with zero attached hydrogens (tertiary/aromatic N) is 3. The minimum atomic E-state index is 0.0492. The summed E-state index contributed by atoms with van der Waals surface area (Å²) in [4.78, 5) is 18.3. The van der Waals surface area contributed by atoms with Gasteiger partial charge in [0.1, 0.15) is 12.2 Å². The lowest BCUT2D eigenvalue weighted by atomic mass is 10.1. The van der Waals surface area contributed by atoms with E-state index in [1.54, 1.807) is 4.90 Å². The largest absolute Gasteiger partial charge is 0.345 e. The van der Waals surface area contributed by atoms with Crippen molar-refractivity contribution in [3.05, 3.63) is 47.0 Å². The van der Waals surface area contributed by atoms with Crippen molar-refractivity contribution in [3.63, 3.8) is 0 Å². The fraction of sp³-hybridized carbons (Fsp3) is 0.400. The van der Waals surface area contributed by atoms with E-state index >= 15 is 0 Å². The number of benzene rings is 1. The smallest absolute Gasteiger partial charge is 0.226 e. The van der Waals surface area contributed by atoms with Crippen LogP contribution in [0.2, 0.25) is 5.02 Å². The maximum absolute atomic E-state index is 12.3. The lowest BCUT2D eigenvalue weighted by Crippen LogP contribution is -2.30. The molecule has 0 bridgehead atoms. The number of carbonyl (C=O) groups excluding carboxylic acids is 1. The normalized spacial score (nSPS) is 20.3. The highest BCUT2D eigenvalue weighted by atomic mass is 35.5. The Morgan fingerprint density at radius 2 is 2.19 bits per heavy atom. The third-order valence-corrected chi connectivity index (χ3v) is 4.17. The van der Waals surface area contributed by atoms with Gasteiger partial charge in [0.15, 0.2) is 0 Å². The number of hydrogen-bond acceptors (Lipinski definition) is 3. The van der Waals surface area contributed by atoms with Gasteiger partial charge in [-0.2, -0.15) is 5.10 Å². The van der Waals surface area contributed by atoms with Crippen molar-refractivity contribution in [2.24, 2.45) is 5.92 Å². The number of rotatable bonds is 5. The molecule has 6 heteroatoms. The number of aromatic nitrogens is 3. The zero-order valence-corrected chi connectivity index (χ0v) is 12.5. The van der Waals surface area contributed by atoms with Crippen LogP contribution >= 0.6 is 11.6 Å². The number of nitrogens with one attached hydrogen (secondary N) is 1. The fourth-order valence-corrected chi connectivity index (χ4v) is 2.63. The van der Waals surface area contributed by atoms with Crippen LogP contribution in [0.15, 0.2) is 30.6 Å². The van der Waals surface area contributed by atoms with E-state index in [0.717, 1.165) is 23.7 Å². The van der Waals surface area contributed by atoms with Crippen molar-refractivity contribution >= 4 is 17.5 Å². The highest BCUT2D eigenvalue weighted by Crippen LogP contribution is 2.46. The zero-order chi connectivity index (χ0) is 14.8. The summed E-state index contributed by atoms with van der Waals surface area (Å²) < 4.78 is 0. The van der Waals surface area contributed by atoms with Crippen molar-refractivity contribution in [2.75, 3.05) is 13.6 Å². The van der Waals surface area contributed by atoms with Crippen LogP contribution in [-0.2, 0) is 11.2 Å². The minimum Gasteiger partial charge on any atom is -0.345 e. The molecular formula is C15H17ClN4O. The van der Waals surface area contributed by atoms with Crippen LogP contribution in [-0.4, -0.2) is 39.6 Å². The zero-order valence-electron chi connectivity index (χ0n) is 11.8. The lowest BCUT2D eigenvalue weighted by molar-refractivity contribution is -0.131. The van der Waals surface area contributed by atoms with Gasteiger partial charge in [-0.25, -0.2) is 4.98 Å². The highest BCUT2D eigenvalue weighted by Gasteiger charge is 2.46. The van der Waals surface area contributed by atoms with E-state index in [-0.39, 0.29) is 17.7 Å². The van der Waals surface area contributed by atoms with E-state index in [0.29, 0.717) is 6.54 Å². The molecule has 3 rings (SSSR count). The Labute approximate surface area is 128 Å². The number of halogens is 1. The monoisotopic (exact) mass is 304 g/mol. The first-order valence-electron chi connectivity index (χ1n) is 7.00. The molecule has 1 aromatic carbocycles. The molecule has 1 aliphatic carbocycles. The van der Waals surface area contributed by atoms with Crippen LogP contribution in [0.1, 0.15) is 23.7 Å². The van der Waals surface area contributed by atoms with Crippen LogP contribution in [0.5, 0.6) is 0 Å². The first-order chi connectivity index (χ1) is 10.1. The summed E-state index contributed by atoms with van der Waals surface area (Å²) in [6.45, 7) is 0.708. The molecule has 1 heterocycles. The van der Waals surface area contributed by atoms with Crippen molar-refractivity contribution in [2.45, 2.75) is 18.8 Å². The summed E-state index contributed by atoms with van der Waals surface area (Å²) in [5.74, 6) is 1.26. The molecule has 1 saturated carbocycles. The number of aromatic amines is 1. The molecule has 21 heavy (non-hydrogen) atoms. The predicted octanol–water partition coefficient (Wildman–Crippen LogP) is 2.26. The van der Waals surface area contributed by atoms with E-state index in [1.165, 1.54) is 11.9 Å². The summed E-state index contributed by atoms with van der Waals surface area (Å²) in [6, 6.07) is 7.74. The molecule has 1 aromatic heterocycles. The molecule has 1 amide bonds. The first kappa shape index (κ1) is 14.1. The standard InChI is InChI=1S/C15H17ClN4O/c1-20(7-6-10-2-4-11(16)5-3-10)15(21)13-8-12(13)14-17-9-18-19-14/h2-5,9,12-13H,6-8H2,1H3,(H,17,18,19)/t12-,13+/m1/s1. The molecule has 0 spiro atoms. The molecule has 1 N–H and O–H groups in total. The molecule has 1 aliphatic rings. The third kappa shape index (κ3) is 3.24. The van der Waals surface area contributed by atoms with Gasteiger partial charge >= 0.3 is 0 Å². The van der Waals surface area contributed by atoms with Gasteiger partial charge in [-0.05, 0) is 30.5 Å². The van der Waals surface area contributed by atoms with E-state index < -0.39 is 0 Å². The van der Waals surface area contributed by atoms with Gasteiger partial charge in [0.2, 0.25) is 5.91 Å². The molecule has 2 atom stereocenters. The third-order valence-electron chi connectivity index (χ3n) is 3.92. The van der Waals surface area contributed by atoms with Gasteiger partial charge in [0, 0.05) is 30.5 Å². The average Bonchev–Trinajstić information content (AvgIpc) is 3.10. The number of amides is 1. The molecule has 2 aromatic rings. The lowest BCUT2D eigenvalue weighted by Gasteiger charge is -2.17. The molecule has 110 valence electrons. The van der Waals surface area contributed by atoms with Gasteiger partial charge in [0.25, 0.3) is 0 Å². The Morgan fingerprint density at radius 1 is 1.43 bits per heavy atom. The van der Waals surface area contributed by atoms with Gasteiger partial charge in [-0.15, -0.1) is 0 Å². The van der Waals surface area contributed by atoms with Crippen LogP contribution in [0.25, 0.3) is 0 Å². The number of hydrogen-bond donors (Lipinski definition) is 1. The SMILES string of the molecule is CN(CCc1ccc(Cl)cc1)C(=O)[C@H]1C[C@H]1c1ncn[nH]1. The predicted molar refractivity (Wildman–Crippen MR) is 80.0 cm³/mol. The van der Waals surface area contributed by atoms with E-state index in [2.05, 4.69) is 15.2 Å². The summed E-state index contributed by atoms with van der Waals surface area (Å²) in [6.07, 6.45) is 3.18. The number of likely N-dealkylation sites (N-methyl/N-ethyl adjacent to an activating group) is 1. The molecule has 0 aliphatic heterocycles. The second kappa shape index (κ2) is 5.85. The van der Waals surface area contributed by atoms with Gasteiger partial charge in [-0.3, -0.25) is 9.89 Å². The minimum absolute atomic E-state index is 0.0492. The summed E-state index contributed by atoms with van der Waals surface area (Å²) >= 11 is 5.86. The van der Waals surface area contributed by atoms with Crippen LogP contribution in [0.3, 0.4) is 0 Å². The van der Waals surface area contributed by atoms with Crippen molar-refractivity contribution < 1.29 is 4.79 Å². The van der Waals surface area contributed by atoms with Crippen LogP contribution in [0, 0.1) is 5.92 Å². The first-order valence-corrected chi connectivity index (χ1v) is 7.37. The molecule has 0 radical (unpaired) electrons. The fourth-order valence-electron chi connectivity index (χ4n) is 2.50. The van der Waals surface area contributed by atoms with E-state index in [1.807, 2.05) is 31.3 Å². The van der Waals surface area contributed by atoms with E-state index in [4.69, 9.17) is 11.6 Å². The Balaban J connectivity index is 1.50. The van der Waals surface area contributed by atoms with Crippen molar-refractivity contribution in [1.82, 2.24) is 20.1 Å². The second-order valence-electron chi connectivity index (χ2n) is 5.46. The van der Waals surface area contributed by atoms with Crippen molar-refractivity contribution in [3.8, 4) is 0 Å². The van der Waals surface area contributed by atoms with Crippen molar-refractivity contribution in [1.29, 1.82) is 0 Å². The van der Waals surface area contributed by atoms with Crippen LogP contribution in [0.4, 0.5) is 0 Å². The molecule has 0 saturated heterocycles. The molecule has 0 unspecified atom stereocenters. The van der Waals surface area contributed by atoms with Gasteiger partial charge < -0.3 is 4.90 Å². The maximum Gasteiger partial charge on any atom is 0.226 e. The molecule has 1 fully saturated rings. The highest BCUT2D eigenvalue weighted by molar-refractivity contribution is 6.30. The topological polar surface area (TPSA) is 61.9 Å². The summed E-state index contributed by atoms with van der Waals surface area (Å²) in [7, 11) is 1.86. The van der Waals surface area contributed by atoms with Gasteiger partial charge in [-0.1, -0.05) is 23.7 Å². The molecular weight excluding hydrogens is 288 g/mol. The number of H-pyrrole nitrogens is 1. The Hall–Kier alpha value is -1.88. The second-order valence-corrected chi connectivity index (χ2v) is 5.89. The maximum atomic E-state index is 12.3.